The summed E-state index contributed by atoms with van der Waals surface area (Å²) in [5.41, 5.74) is 1.68. The van der Waals surface area contributed by atoms with Gasteiger partial charge in [-0.05, 0) is 25.2 Å². The van der Waals surface area contributed by atoms with Crippen LogP contribution < -0.4 is 0 Å². The normalized spacial score (nSPS) is 38.9. The Bertz CT molecular complexity index is 296. The summed E-state index contributed by atoms with van der Waals surface area (Å²) in [6.45, 7) is 12.9. The summed E-state index contributed by atoms with van der Waals surface area (Å²) in [6.07, 6.45) is 3.57. The predicted octanol–water partition coefficient (Wildman–Crippen LogP) is 3.62. The molecule has 2 heteroatoms. The van der Waals surface area contributed by atoms with Gasteiger partial charge in [0.05, 0.1) is 13.2 Å². The number of hydrogen-bond acceptors (Lipinski definition) is 2. The highest BCUT2D eigenvalue weighted by Gasteiger charge is 2.39. The zero-order valence-electron chi connectivity index (χ0n) is 11.8. The van der Waals surface area contributed by atoms with Crippen molar-refractivity contribution in [2.24, 2.45) is 23.2 Å². The van der Waals surface area contributed by atoms with Crippen LogP contribution in [0.3, 0.4) is 0 Å². The molecule has 0 aromatic heterocycles. The second kappa shape index (κ2) is 4.74. The van der Waals surface area contributed by atoms with E-state index in [0.717, 1.165) is 13.2 Å². The van der Waals surface area contributed by atoms with Crippen LogP contribution in [0.25, 0.3) is 0 Å². The Morgan fingerprint density at radius 1 is 1.18 bits per heavy atom. The molecule has 0 N–H and O–H groups in total. The van der Waals surface area contributed by atoms with Crippen molar-refractivity contribution in [2.75, 3.05) is 13.2 Å². The average molecular weight is 238 g/mol. The lowest BCUT2D eigenvalue weighted by Gasteiger charge is -2.43. The van der Waals surface area contributed by atoms with Gasteiger partial charge in [-0.15, -0.1) is 0 Å². The molecule has 2 nitrogen and oxygen atoms in total. The summed E-state index contributed by atoms with van der Waals surface area (Å²) in [6, 6.07) is 0. The highest BCUT2D eigenvalue weighted by atomic mass is 16.7. The quantitative estimate of drug-likeness (QED) is 0.650. The van der Waals surface area contributed by atoms with E-state index >= 15 is 0 Å². The van der Waals surface area contributed by atoms with Crippen molar-refractivity contribution in [3.05, 3.63) is 11.6 Å². The van der Waals surface area contributed by atoms with E-state index in [1.807, 2.05) is 0 Å². The fourth-order valence-corrected chi connectivity index (χ4v) is 3.23. The molecule has 1 aliphatic heterocycles. The molecule has 17 heavy (non-hydrogen) atoms. The maximum Gasteiger partial charge on any atom is 0.161 e. The van der Waals surface area contributed by atoms with Crippen molar-refractivity contribution in [3.63, 3.8) is 0 Å². The van der Waals surface area contributed by atoms with Gasteiger partial charge >= 0.3 is 0 Å². The van der Waals surface area contributed by atoms with Crippen molar-refractivity contribution in [2.45, 2.75) is 47.3 Å². The molecule has 0 amide bonds. The minimum Gasteiger partial charge on any atom is -0.352 e. The van der Waals surface area contributed by atoms with Gasteiger partial charge in [0.25, 0.3) is 0 Å². The van der Waals surface area contributed by atoms with Gasteiger partial charge in [-0.2, -0.15) is 0 Å². The molecule has 1 aliphatic carbocycles. The lowest BCUT2D eigenvalue weighted by molar-refractivity contribution is -0.254. The van der Waals surface area contributed by atoms with Gasteiger partial charge in [0, 0.05) is 11.3 Å². The van der Waals surface area contributed by atoms with Gasteiger partial charge in [-0.3, -0.25) is 0 Å². The predicted molar refractivity (Wildman–Crippen MR) is 69.7 cm³/mol. The third-order valence-electron chi connectivity index (χ3n) is 4.05. The van der Waals surface area contributed by atoms with Crippen LogP contribution in [-0.4, -0.2) is 19.5 Å². The van der Waals surface area contributed by atoms with E-state index in [2.05, 4.69) is 40.7 Å². The van der Waals surface area contributed by atoms with Crippen LogP contribution in [0.1, 0.15) is 41.0 Å². The second-order valence-corrected chi connectivity index (χ2v) is 6.79. The monoisotopic (exact) mass is 238 g/mol. The Morgan fingerprint density at radius 3 is 2.29 bits per heavy atom. The van der Waals surface area contributed by atoms with Crippen LogP contribution in [-0.2, 0) is 9.47 Å². The summed E-state index contributed by atoms with van der Waals surface area (Å²) in [7, 11) is 0. The molecule has 1 saturated heterocycles. The number of hydrogen-bond donors (Lipinski definition) is 0. The molecule has 98 valence electrons. The molecular formula is C15H26O2. The highest BCUT2D eigenvalue weighted by molar-refractivity contribution is 5.08. The van der Waals surface area contributed by atoms with Gasteiger partial charge in [-0.1, -0.05) is 39.3 Å². The lowest BCUT2D eigenvalue weighted by Crippen LogP contribution is -2.45. The number of ether oxygens (including phenoxy) is 2. The van der Waals surface area contributed by atoms with Crippen molar-refractivity contribution in [3.8, 4) is 0 Å². The van der Waals surface area contributed by atoms with Gasteiger partial charge in [-0.25, -0.2) is 0 Å². The Kier molecular flexibility index (Phi) is 3.65. The highest BCUT2D eigenvalue weighted by Crippen LogP contribution is 2.39. The van der Waals surface area contributed by atoms with E-state index in [1.54, 1.807) is 0 Å². The zero-order chi connectivity index (χ0) is 12.6. The Hall–Kier alpha value is -0.340. The van der Waals surface area contributed by atoms with Gasteiger partial charge in [0.1, 0.15) is 0 Å². The third-order valence-corrected chi connectivity index (χ3v) is 4.05. The van der Waals surface area contributed by atoms with Crippen LogP contribution in [0.4, 0.5) is 0 Å². The smallest absolute Gasteiger partial charge is 0.161 e. The molecule has 0 radical (unpaired) electrons. The van der Waals surface area contributed by atoms with E-state index in [9.17, 15) is 0 Å². The first-order valence-corrected chi connectivity index (χ1v) is 6.79. The third kappa shape index (κ3) is 2.92. The molecule has 2 rings (SSSR count). The van der Waals surface area contributed by atoms with Crippen molar-refractivity contribution >= 4 is 0 Å². The minimum absolute atomic E-state index is 0.00243. The standard InChI is InChI=1S/C15H26O2/c1-10-6-11(2)13(12(3)7-10)14-16-8-15(4,5)9-17-14/h6,11-14H,7-9H2,1-5H3/t11-,12+,13-/m0/s1. The van der Waals surface area contributed by atoms with Crippen molar-refractivity contribution < 1.29 is 9.47 Å². The fraction of sp³-hybridized carbons (Fsp3) is 0.867. The number of allylic oxidation sites excluding steroid dienone is 2. The molecule has 1 fully saturated rings. The van der Waals surface area contributed by atoms with Crippen LogP contribution >= 0.6 is 0 Å². The van der Waals surface area contributed by atoms with Crippen molar-refractivity contribution in [1.82, 2.24) is 0 Å². The Labute approximate surface area is 105 Å². The average Bonchev–Trinajstić information content (AvgIpc) is 2.19. The van der Waals surface area contributed by atoms with Crippen LogP contribution in [0.5, 0.6) is 0 Å². The molecule has 0 aromatic carbocycles. The van der Waals surface area contributed by atoms with Crippen LogP contribution in [0.2, 0.25) is 0 Å². The number of rotatable bonds is 1. The van der Waals surface area contributed by atoms with E-state index < -0.39 is 0 Å². The molecule has 0 bridgehead atoms. The lowest BCUT2D eigenvalue weighted by atomic mass is 9.74. The summed E-state index contributed by atoms with van der Waals surface area (Å²) >= 11 is 0. The molecular weight excluding hydrogens is 212 g/mol. The van der Waals surface area contributed by atoms with Crippen LogP contribution in [0.15, 0.2) is 11.6 Å². The molecule has 0 aromatic rings. The topological polar surface area (TPSA) is 18.5 Å². The summed E-state index contributed by atoms with van der Waals surface area (Å²) in [4.78, 5) is 0. The fourth-order valence-electron chi connectivity index (χ4n) is 3.23. The van der Waals surface area contributed by atoms with Crippen molar-refractivity contribution in [1.29, 1.82) is 0 Å². The van der Waals surface area contributed by atoms with E-state index in [-0.39, 0.29) is 11.7 Å². The van der Waals surface area contributed by atoms with Gasteiger partial charge < -0.3 is 9.47 Å². The second-order valence-electron chi connectivity index (χ2n) is 6.79. The molecule has 0 saturated carbocycles. The van der Waals surface area contributed by atoms with E-state index in [1.165, 1.54) is 12.0 Å². The Balaban J connectivity index is 2.03. The van der Waals surface area contributed by atoms with E-state index in [4.69, 9.17) is 9.47 Å². The van der Waals surface area contributed by atoms with Crippen LogP contribution in [0, 0.1) is 23.2 Å². The largest absolute Gasteiger partial charge is 0.352 e. The maximum atomic E-state index is 5.96. The first-order valence-electron chi connectivity index (χ1n) is 6.79. The molecule has 0 unspecified atom stereocenters. The molecule has 0 spiro atoms. The molecule has 1 heterocycles. The summed E-state index contributed by atoms with van der Waals surface area (Å²) in [5, 5.41) is 0. The van der Waals surface area contributed by atoms with E-state index in [0.29, 0.717) is 17.8 Å². The molecule has 2 aliphatic rings. The summed E-state index contributed by atoms with van der Waals surface area (Å²) in [5.74, 6) is 1.72. The molecule has 3 atom stereocenters. The summed E-state index contributed by atoms with van der Waals surface area (Å²) < 4.78 is 11.9. The minimum atomic E-state index is -0.00243. The SMILES string of the molecule is CC1=C[C@H](C)[C@H](C2OCC(C)(C)CO2)[C@H](C)C1. The van der Waals surface area contributed by atoms with Gasteiger partial charge in [0.15, 0.2) is 6.29 Å². The first kappa shape index (κ1) is 13.1. The Morgan fingerprint density at radius 2 is 1.76 bits per heavy atom. The maximum absolute atomic E-state index is 5.96. The first-order chi connectivity index (χ1) is 7.89. The van der Waals surface area contributed by atoms with Gasteiger partial charge in [0.2, 0.25) is 0 Å². The zero-order valence-corrected chi connectivity index (χ0v) is 11.8.